The lowest BCUT2D eigenvalue weighted by Crippen LogP contribution is -2.42. The van der Waals surface area contributed by atoms with E-state index in [9.17, 15) is 17.6 Å². The second kappa shape index (κ2) is 8.86. The van der Waals surface area contributed by atoms with Crippen LogP contribution in [0, 0.1) is 11.7 Å². The maximum Gasteiger partial charge on any atom is 0.240 e. The highest BCUT2D eigenvalue weighted by Gasteiger charge is 2.24. The predicted molar refractivity (Wildman–Crippen MR) is 96.0 cm³/mol. The number of rotatable bonds is 8. The van der Waals surface area contributed by atoms with Crippen molar-refractivity contribution in [3.8, 4) is 0 Å². The summed E-state index contributed by atoms with van der Waals surface area (Å²) in [6.07, 6.45) is 3.29. The Labute approximate surface area is 152 Å². The lowest BCUT2D eigenvalue weighted by atomic mass is 10.0. The van der Waals surface area contributed by atoms with Gasteiger partial charge in [-0.2, -0.15) is 0 Å². The van der Waals surface area contributed by atoms with Gasteiger partial charge in [0, 0.05) is 31.4 Å². The molecular formula is C18H22FN3O3S. The van der Waals surface area contributed by atoms with E-state index in [0.29, 0.717) is 6.54 Å². The molecule has 1 atom stereocenters. The third-order valence-corrected chi connectivity index (χ3v) is 5.36. The predicted octanol–water partition coefficient (Wildman–Crippen LogP) is 2.23. The molecule has 6 nitrogen and oxygen atoms in total. The molecule has 0 spiro atoms. The van der Waals surface area contributed by atoms with Gasteiger partial charge in [0.15, 0.2) is 0 Å². The van der Waals surface area contributed by atoms with Crippen molar-refractivity contribution in [3.05, 3.63) is 60.2 Å². The summed E-state index contributed by atoms with van der Waals surface area (Å²) in [6, 6.07) is 7.58. The number of pyridine rings is 1. The lowest BCUT2D eigenvalue weighted by molar-refractivity contribution is -0.121. The molecule has 0 fully saturated rings. The second-order valence-corrected chi connectivity index (χ2v) is 7.98. The van der Waals surface area contributed by atoms with E-state index in [1.165, 1.54) is 12.1 Å². The first-order chi connectivity index (χ1) is 12.3. The fraction of sp³-hybridized carbons (Fsp3) is 0.333. The Bertz CT molecular complexity index is 825. The Morgan fingerprint density at radius 1 is 1.19 bits per heavy atom. The number of hydrogen-bond acceptors (Lipinski definition) is 4. The zero-order chi connectivity index (χ0) is 19.2. The van der Waals surface area contributed by atoms with Crippen LogP contribution in [0.25, 0.3) is 0 Å². The van der Waals surface area contributed by atoms with Crippen LogP contribution in [-0.2, 0) is 21.4 Å². The van der Waals surface area contributed by atoms with Gasteiger partial charge in [0.1, 0.15) is 5.82 Å². The van der Waals surface area contributed by atoms with Crippen molar-refractivity contribution >= 4 is 15.9 Å². The van der Waals surface area contributed by atoms with Gasteiger partial charge in [-0.3, -0.25) is 9.78 Å². The van der Waals surface area contributed by atoms with Gasteiger partial charge in [0.2, 0.25) is 15.9 Å². The van der Waals surface area contributed by atoms with Gasteiger partial charge >= 0.3 is 0 Å². The molecule has 1 heterocycles. The molecule has 140 valence electrons. The van der Waals surface area contributed by atoms with E-state index in [0.717, 1.165) is 17.7 Å². The minimum Gasteiger partial charge on any atom is -0.352 e. The van der Waals surface area contributed by atoms with Crippen LogP contribution in [0.2, 0.25) is 0 Å². The zero-order valence-electron chi connectivity index (χ0n) is 14.6. The van der Waals surface area contributed by atoms with Gasteiger partial charge in [-0.05, 0) is 41.8 Å². The number of amides is 1. The molecule has 0 aliphatic rings. The molecule has 0 radical (unpaired) electrons. The van der Waals surface area contributed by atoms with Gasteiger partial charge in [0.05, 0.1) is 4.90 Å². The minimum atomic E-state index is -3.84. The summed E-state index contributed by atoms with van der Waals surface area (Å²) in [5.74, 6) is -0.886. The summed E-state index contributed by atoms with van der Waals surface area (Å²) >= 11 is 0. The van der Waals surface area contributed by atoms with Crippen LogP contribution in [-0.4, -0.2) is 25.4 Å². The van der Waals surface area contributed by atoms with Gasteiger partial charge in [-0.25, -0.2) is 17.5 Å². The monoisotopic (exact) mass is 379 g/mol. The summed E-state index contributed by atoms with van der Waals surface area (Å²) in [7, 11) is -3.84. The number of nitrogens with one attached hydrogen (secondary N) is 2. The minimum absolute atomic E-state index is 0.00163. The van der Waals surface area contributed by atoms with E-state index < -0.39 is 21.9 Å². The third-order valence-electron chi connectivity index (χ3n) is 3.85. The number of carbonyl (C=O) groups is 1. The first kappa shape index (κ1) is 20.0. The van der Waals surface area contributed by atoms with Crippen LogP contribution < -0.4 is 10.0 Å². The number of aromatic nitrogens is 1. The van der Waals surface area contributed by atoms with E-state index >= 15 is 0 Å². The maximum atomic E-state index is 13.0. The van der Waals surface area contributed by atoms with E-state index in [-0.39, 0.29) is 23.1 Å². The Kier molecular flexibility index (Phi) is 6.82. The highest BCUT2D eigenvalue weighted by Crippen LogP contribution is 2.14. The molecule has 0 aliphatic carbocycles. The van der Waals surface area contributed by atoms with Crippen molar-refractivity contribution in [2.45, 2.75) is 37.8 Å². The molecule has 1 unspecified atom stereocenters. The van der Waals surface area contributed by atoms with Crippen LogP contribution >= 0.6 is 0 Å². The zero-order valence-corrected chi connectivity index (χ0v) is 15.5. The van der Waals surface area contributed by atoms with Crippen molar-refractivity contribution in [3.63, 3.8) is 0 Å². The molecule has 2 aromatic rings. The number of halogens is 1. The van der Waals surface area contributed by atoms with E-state index in [4.69, 9.17) is 0 Å². The smallest absolute Gasteiger partial charge is 0.240 e. The number of nitrogens with zero attached hydrogens (tertiary/aromatic N) is 1. The topological polar surface area (TPSA) is 88.2 Å². The molecule has 0 bridgehead atoms. The van der Waals surface area contributed by atoms with Crippen molar-refractivity contribution < 1.29 is 17.6 Å². The standard InChI is InChI=1S/C18H22FN3O3S/c1-13(2)17(10-18(23)21-12-14-4-3-9-20-11-14)22-26(24,25)16-7-5-15(19)6-8-16/h3-9,11,13,17,22H,10,12H2,1-2H3,(H,21,23). The summed E-state index contributed by atoms with van der Waals surface area (Å²) < 4.78 is 40.4. The Morgan fingerprint density at radius 2 is 1.88 bits per heavy atom. The van der Waals surface area contributed by atoms with Gasteiger partial charge in [0.25, 0.3) is 0 Å². The van der Waals surface area contributed by atoms with Gasteiger partial charge in [-0.15, -0.1) is 0 Å². The average Bonchev–Trinajstić information content (AvgIpc) is 2.60. The fourth-order valence-electron chi connectivity index (χ4n) is 2.27. The van der Waals surface area contributed by atoms with Crippen molar-refractivity contribution in [1.82, 2.24) is 15.0 Å². The number of carbonyl (C=O) groups excluding carboxylic acids is 1. The number of benzene rings is 1. The molecule has 8 heteroatoms. The Hall–Kier alpha value is -2.32. The SMILES string of the molecule is CC(C)C(CC(=O)NCc1cccnc1)NS(=O)(=O)c1ccc(F)cc1. The molecule has 1 aromatic carbocycles. The second-order valence-electron chi connectivity index (χ2n) is 6.27. The summed E-state index contributed by atoms with van der Waals surface area (Å²) in [5, 5.41) is 2.75. The molecule has 1 aromatic heterocycles. The van der Waals surface area contributed by atoms with Crippen LogP contribution in [0.4, 0.5) is 4.39 Å². The lowest BCUT2D eigenvalue weighted by Gasteiger charge is -2.22. The van der Waals surface area contributed by atoms with Crippen molar-refractivity contribution in [2.24, 2.45) is 5.92 Å². The highest BCUT2D eigenvalue weighted by molar-refractivity contribution is 7.89. The molecule has 1 amide bonds. The largest absolute Gasteiger partial charge is 0.352 e. The molecular weight excluding hydrogens is 357 g/mol. The Morgan fingerprint density at radius 3 is 2.46 bits per heavy atom. The maximum absolute atomic E-state index is 13.0. The molecule has 2 N–H and O–H groups in total. The normalized spacial score (nSPS) is 12.8. The quantitative estimate of drug-likeness (QED) is 0.736. The number of hydrogen-bond donors (Lipinski definition) is 2. The van der Waals surface area contributed by atoms with E-state index in [2.05, 4.69) is 15.0 Å². The van der Waals surface area contributed by atoms with Crippen LogP contribution in [0.1, 0.15) is 25.8 Å². The van der Waals surface area contributed by atoms with E-state index in [1.807, 2.05) is 19.9 Å². The molecule has 0 saturated carbocycles. The molecule has 0 saturated heterocycles. The Balaban J connectivity index is 1.99. The fourth-order valence-corrected chi connectivity index (χ4v) is 3.65. The van der Waals surface area contributed by atoms with Crippen LogP contribution in [0.15, 0.2) is 53.7 Å². The van der Waals surface area contributed by atoms with Crippen LogP contribution in [0.5, 0.6) is 0 Å². The van der Waals surface area contributed by atoms with Crippen molar-refractivity contribution in [1.29, 1.82) is 0 Å². The van der Waals surface area contributed by atoms with Crippen molar-refractivity contribution in [2.75, 3.05) is 0 Å². The molecule has 26 heavy (non-hydrogen) atoms. The molecule has 2 rings (SSSR count). The first-order valence-electron chi connectivity index (χ1n) is 8.21. The van der Waals surface area contributed by atoms with E-state index in [1.54, 1.807) is 18.5 Å². The summed E-state index contributed by atoms with van der Waals surface area (Å²) in [5.41, 5.74) is 0.855. The van der Waals surface area contributed by atoms with Crippen LogP contribution in [0.3, 0.4) is 0 Å². The van der Waals surface area contributed by atoms with Gasteiger partial charge in [-0.1, -0.05) is 19.9 Å². The molecule has 0 aliphatic heterocycles. The summed E-state index contributed by atoms with van der Waals surface area (Å²) in [4.78, 5) is 16.1. The first-order valence-corrected chi connectivity index (χ1v) is 9.70. The highest BCUT2D eigenvalue weighted by atomic mass is 32.2. The average molecular weight is 379 g/mol. The van der Waals surface area contributed by atoms with Gasteiger partial charge < -0.3 is 5.32 Å². The summed E-state index contributed by atoms with van der Waals surface area (Å²) in [6.45, 7) is 3.97. The number of sulfonamides is 1. The third kappa shape index (κ3) is 5.89.